The lowest BCUT2D eigenvalue weighted by atomic mass is 10.1. The molecule has 1 aliphatic rings. The zero-order chi connectivity index (χ0) is 25.7. The minimum Gasteiger partial charge on any atom is -0.755 e. The third-order valence-electron chi connectivity index (χ3n) is 5.43. The van der Waals surface area contributed by atoms with Gasteiger partial charge in [0.15, 0.2) is 0 Å². The number of amides is 1. The summed E-state index contributed by atoms with van der Waals surface area (Å²) in [6.45, 7) is 2.03. The number of rotatable bonds is 11. The lowest BCUT2D eigenvalue weighted by Gasteiger charge is -2.25. The van der Waals surface area contributed by atoms with E-state index in [4.69, 9.17) is 9.57 Å². The third kappa shape index (κ3) is 6.05. The van der Waals surface area contributed by atoms with Crippen LogP contribution in [0.1, 0.15) is 41.6 Å². The number of pyridine rings is 1. The number of nitrogens with one attached hydrogen (secondary N) is 3. The molecule has 3 N–H and O–H groups in total. The van der Waals surface area contributed by atoms with Crippen molar-refractivity contribution >= 4 is 45.9 Å². The van der Waals surface area contributed by atoms with E-state index in [1.54, 1.807) is 25.1 Å². The van der Waals surface area contributed by atoms with Gasteiger partial charge in [-0.1, -0.05) is 6.07 Å². The molecule has 0 radical (unpaired) electrons. The summed E-state index contributed by atoms with van der Waals surface area (Å²) in [7, 11) is 2.92. The maximum Gasteiger partial charge on any atom is 0.318 e. The molecule has 1 unspecified atom stereocenters. The molecule has 1 saturated carbocycles. The van der Waals surface area contributed by atoms with E-state index in [1.807, 2.05) is 12.1 Å². The molecule has 0 aliphatic heterocycles. The summed E-state index contributed by atoms with van der Waals surface area (Å²) >= 11 is -2.49. The fraction of sp³-hybridized carbons (Fsp3) is 0.304. The normalized spacial score (nSPS) is 13.6. The summed E-state index contributed by atoms with van der Waals surface area (Å²) in [5, 5.41) is 6.25. The van der Waals surface area contributed by atoms with Gasteiger partial charge in [-0.25, -0.2) is 15.4 Å². The maximum atomic E-state index is 12.8. The molecule has 1 atom stereocenters. The largest absolute Gasteiger partial charge is 0.755 e. The van der Waals surface area contributed by atoms with Gasteiger partial charge >= 0.3 is 6.01 Å². The number of aromatic nitrogens is 3. The monoisotopic (exact) mass is 512 g/mol. The highest BCUT2D eigenvalue weighted by molar-refractivity contribution is 7.80. The van der Waals surface area contributed by atoms with E-state index in [9.17, 15) is 13.6 Å². The minimum absolute atomic E-state index is 0.181. The Morgan fingerprint density at radius 1 is 1.17 bits per heavy atom. The van der Waals surface area contributed by atoms with E-state index in [2.05, 4.69) is 31.1 Å². The lowest BCUT2D eigenvalue weighted by Crippen LogP contribution is -2.25. The molecule has 36 heavy (non-hydrogen) atoms. The van der Waals surface area contributed by atoms with E-state index in [-0.39, 0.29) is 18.2 Å². The first-order valence-electron chi connectivity index (χ1n) is 11.2. The number of methoxy groups -OCH3 is 1. The van der Waals surface area contributed by atoms with Gasteiger partial charge in [-0.2, -0.15) is 4.98 Å². The van der Waals surface area contributed by atoms with Gasteiger partial charge in [0, 0.05) is 36.8 Å². The fourth-order valence-electron chi connectivity index (χ4n) is 3.45. The van der Waals surface area contributed by atoms with E-state index in [0.717, 1.165) is 22.7 Å². The first-order chi connectivity index (χ1) is 17.4. The smallest absolute Gasteiger partial charge is 0.318 e. The number of hydrogen-bond acceptors (Lipinski definition) is 10. The number of ether oxygens (including phenoxy) is 1. The van der Waals surface area contributed by atoms with Gasteiger partial charge in [0.25, 0.3) is 5.91 Å². The van der Waals surface area contributed by atoms with Gasteiger partial charge in [0.2, 0.25) is 0 Å². The highest BCUT2D eigenvalue weighted by atomic mass is 32.2. The van der Waals surface area contributed by atoms with Gasteiger partial charge in [-0.15, -0.1) is 0 Å². The predicted octanol–water partition coefficient (Wildman–Crippen LogP) is 3.16. The lowest BCUT2D eigenvalue weighted by molar-refractivity contribution is 0.0365. The molecule has 1 aromatic carbocycles. The van der Waals surface area contributed by atoms with Crippen LogP contribution in [0.3, 0.4) is 0 Å². The number of carbonyl (C=O) groups is 1. The van der Waals surface area contributed by atoms with Crippen molar-refractivity contribution in [1.29, 1.82) is 0 Å². The molecule has 1 amide bonds. The number of hydrogen-bond donors (Lipinski definition) is 3. The SMILES string of the molecule is CCONC(=O)c1cnc(Nc2ccnc(OC)n2)cc1Nc1ccc(C2CC2)cc1N(C)S(=O)[O-]. The molecule has 4 rings (SSSR count). The number of carbonyl (C=O) groups excluding carboxylic acids is 1. The molecule has 190 valence electrons. The Balaban J connectivity index is 1.71. The van der Waals surface area contributed by atoms with Crippen LogP contribution >= 0.6 is 0 Å². The average Bonchev–Trinajstić information content (AvgIpc) is 3.73. The molecular weight excluding hydrogens is 486 g/mol. The van der Waals surface area contributed by atoms with Gasteiger partial charge in [-0.3, -0.25) is 13.8 Å². The average molecular weight is 513 g/mol. The van der Waals surface area contributed by atoms with Crippen LogP contribution < -0.4 is 25.2 Å². The number of benzene rings is 1. The van der Waals surface area contributed by atoms with Crippen LogP contribution in [-0.2, 0) is 16.1 Å². The fourth-order valence-corrected chi connectivity index (χ4v) is 3.76. The summed E-state index contributed by atoms with van der Waals surface area (Å²) in [4.78, 5) is 30.3. The van der Waals surface area contributed by atoms with Crippen LogP contribution in [0, 0.1) is 0 Å². The van der Waals surface area contributed by atoms with Crippen molar-refractivity contribution in [2.45, 2.75) is 25.7 Å². The van der Waals surface area contributed by atoms with Crippen molar-refractivity contribution in [2.75, 3.05) is 35.7 Å². The maximum absolute atomic E-state index is 12.8. The van der Waals surface area contributed by atoms with E-state index in [0.29, 0.717) is 34.6 Å². The Morgan fingerprint density at radius 2 is 1.97 bits per heavy atom. The Bertz CT molecular complexity index is 1270. The summed E-state index contributed by atoms with van der Waals surface area (Å²) in [5.41, 5.74) is 4.94. The highest BCUT2D eigenvalue weighted by Crippen LogP contribution is 2.43. The topological polar surface area (TPSA) is 154 Å². The molecule has 0 saturated heterocycles. The third-order valence-corrected chi connectivity index (χ3v) is 6.08. The molecule has 2 heterocycles. The molecule has 3 aromatic rings. The van der Waals surface area contributed by atoms with Crippen molar-refractivity contribution in [2.24, 2.45) is 0 Å². The molecule has 1 fully saturated rings. The highest BCUT2D eigenvalue weighted by Gasteiger charge is 2.25. The van der Waals surface area contributed by atoms with Crippen molar-refractivity contribution in [3.63, 3.8) is 0 Å². The van der Waals surface area contributed by atoms with Gasteiger partial charge in [0.05, 0.1) is 36.3 Å². The first-order valence-corrected chi connectivity index (χ1v) is 12.2. The summed E-state index contributed by atoms with van der Waals surface area (Å²) in [6.07, 6.45) is 5.06. The summed E-state index contributed by atoms with van der Waals surface area (Å²) in [6, 6.07) is 9.05. The second kappa shape index (κ2) is 11.3. The first kappa shape index (κ1) is 25.3. The zero-order valence-electron chi connectivity index (χ0n) is 20.0. The molecule has 1 aliphatic carbocycles. The van der Waals surface area contributed by atoms with Crippen LogP contribution in [0.2, 0.25) is 0 Å². The standard InChI is InChI=1S/C23H27N7O5S/c1-4-35-29-22(31)16-13-25-21(27-20-9-10-24-23(28-20)34-3)12-18(16)26-17-8-7-15(14-5-6-14)11-19(17)30(2)36(32)33/h7-14H,4-6H2,1-3H3,(H,29,31)(H,32,33)(H2,24,25,26,27,28)/p-1. The quantitative estimate of drug-likeness (QED) is 0.258. The summed E-state index contributed by atoms with van der Waals surface area (Å²) < 4.78 is 29.8. The number of hydroxylamine groups is 1. The molecule has 12 nitrogen and oxygen atoms in total. The van der Waals surface area contributed by atoms with Crippen LogP contribution in [-0.4, -0.2) is 50.4 Å². The Kier molecular flexibility index (Phi) is 7.93. The van der Waals surface area contributed by atoms with Gasteiger partial charge in [-0.05, 0) is 49.4 Å². The molecule has 13 heteroatoms. The van der Waals surface area contributed by atoms with Crippen LogP contribution in [0.5, 0.6) is 6.01 Å². The summed E-state index contributed by atoms with van der Waals surface area (Å²) in [5.74, 6) is 0.727. The van der Waals surface area contributed by atoms with Crippen LogP contribution in [0.4, 0.5) is 28.7 Å². The van der Waals surface area contributed by atoms with E-state index < -0.39 is 17.2 Å². The van der Waals surface area contributed by atoms with Crippen LogP contribution in [0.25, 0.3) is 0 Å². The van der Waals surface area contributed by atoms with Gasteiger partial charge < -0.3 is 24.2 Å². The number of anilines is 5. The van der Waals surface area contributed by atoms with Crippen molar-refractivity contribution in [3.8, 4) is 6.01 Å². The van der Waals surface area contributed by atoms with Crippen molar-refractivity contribution < 1.29 is 23.1 Å². The molecule has 0 bridgehead atoms. The predicted molar refractivity (Wildman–Crippen MR) is 134 cm³/mol. The van der Waals surface area contributed by atoms with Gasteiger partial charge in [0.1, 0.15) is 11.6 Å². The Morgan fingerprint density at radius 3 is 2.67 bits per heavy atom. The van der Waals surface area contributed by atoms with E-state index in [1.165, 1.54) is 26.6 Å². The van der Waals surface area contributed by atoms with E-state index >= 15 is 0 Å². The Labute approximate surface area is 210 Å². The second-order valence-corrected chi connectivity index (χ2v) is 8.91. The van der Waals surface area contributed by atoms with Crippen molar-refractivity contribution in [1.82, 2.24) is 20.4 Å². The van der Waals surface area contributed by atoms with Crippen molar-refractivity contribution in [3.05, 3.63) is 53.9 Å². The Hall–Kier alpha value is -3.81. The minimum atomic E-state index is -2.49. The van der Waals surface area contributed by atoms with Crippen LogP contribution in [0.15, 0.2) is 42.7 Å². The molecule has 2 aromatic heterocycles. The molecule has 0 spiro atoms. The molecular formula is C23H26N7O5S-. The zero-order valence-corrected chi connectivity index (χ0v) is 20.8. The number of nitrogens with zero attached hydrogens (tertiary/aromatic N) is 4. The second-order valence-electron chi connectivity index (χ2n) is 7.92.